The zero-order chi connectivity index (χ0) is 27.1. The summed E-state index contributed by atoms with van der Waals surface area (Å²) in [4.78, 5) is 13.9. The first-order valence-electron chi connectivity index (χ1n) is 14.0. The third kappa shape index (κ3) is 5.04. The summed E-state index contributed by atoms with van der Waals surface area (Å²) in [5, 5.41) is 3.60. The normalized spacial score (nSPS) is 28.6. The molecular weight excluding hydrogens is 497 g/mol. The van der Waals surface area contributed by atoms with Gasteiger partial charge in [0.25, 0.3) is 0 Å². The highest BCUT2D eigenvalue weighted by Gasteiger charge is 2.57. The van der Waals surface area contributed by atoms with Crippen molar-refractivity contribution in [1.29, 1.82) is 0 Å². The highest BCUT2D eigenvalue weighted by molar-refractivity contribution is 6.32. The quantitative estimate of drug-likeness (QED) is 0.400. The van der Waals surface area contributed by atoms with Crippen LogP contribution in [0, 0.1) is 34.4 Å². The number of carbonyl (C=O) groups excluding carboxylic acids is 1. The molecule has 0 heterocycles. The fraction of sp³-hybridized carbons (Fsp3) is 0.485. The van der Waals surface area contributed by atoms with Gasteiger partial charge in [0, 0.05) is 5.69 Å². The molecule has 0 radical (unpaired) electrons. The fourth-order valence-electron chi connectivity index (χ4n) is 7.37. The summed E-state index contributed by atoms with van der Waals surface area (Å²) in [6.07, 6.45) is 11.3. The first-order chi connectivity index (χ1) is 18.1. The molecule has 2 aromatic rings. The zero-order valence-electron chi connectivity index (χ0n) is 23.0. The number of hydrogen-bond acceptors (Lipinski definition) is 2. The Morgan fingerprint density at radius 2 is 2.00 bits per heavy atom. The Morgan fingerprint density at radius 1 is 1.18 bits per heavy atom. The summed E-state index contributed by atoms with van der Waals surface area (Å²) in [5.41, 5.74) is 4.14. The summed E-state index contributed by atoms with van der Waals surface area (Å²) in [6, 6.07) is 11.6. The van der Waals surface area contributed by atoms with Gasteiger partial charge in [0.1, 0.15) is 18.2 Å². The number of rotatable bonds is 6. The molecule has 0 aromatic heterocycles. The average Bonchev–Trinajstić information content (AvgIpc) is 2.88. The van der Waals surface area contributed by atoms with Crippen LogP contribution in [0.25, 0.3) is 0 Å². The predicted molar refractivity (Wildman–Crippen MR) is 153 cm³/mol. The summed E-state index contributed by atoms with van der Waals surface area (Å²) >= 11 is 6.51. The molecular formula is C33H39ClFNO2. The van der Waals surface area contributed by atoms with Crippen LogP contribution >= 0.6 is 11.6 Å². The second kappa shape index (κ2) is 10.5. The number of amides is 1. The van der Waals surface area contributed by atoms with Crippen molar-refractivity contribution < 1.29 is 13.9 Å². The molecule has 1 fully saturated rings. The van der Waals surface area contributed by atoms with Crippen LogP contribution in [0.15, 0.2) is 65.8 Å². The molecule has 3 aliphatic rings. The first-order valence-corrected chi connectivity index (χ1v) is 14.4. The second-order valence-electron chi connectivity index (χ2n) is 12.3. The van der Waals surface area contributed by atoms with Gasteiger partial charge in [-0.1, -0.05) is 75.6 Å². The van der Waals surface area contributed by atoms with Gasteiger partial charge in [-0.15, -0.1) is 0 Å². The van der Waals surface area contributed by atoms with Crippen LogP contribution < -0.4 is 10.1 Å². The van der Waals surface area contributed by atoms with Gasteiger partial charge >= 0.3 is 0 Å². The van der Waals surface area contributed by atoms with E-state index in [1.54, 1.807) is 29.8 Å². The number of anilines is 1. The highest BCUT2D eigenvalue weighted by atomic mass is 35.5. The van der Waals surface area contributed by atoms with Crippen LogP contribution in [-0.4, -0.2) is 5.91 Å². The van der Waals surface area contributed by atoms with E-state index in [2.05, 4.69) is 45.2 Å². The van der Waals surface area contributed by atoms with Crippen molar-refractivity contribution in [1.82, 2.24) is 0 Å². The number of halogens is 2. The smallest absolute Gasteiger partial charge is 0.230 e. The molecule has 1 amide bonds. The molecule has 1 saturated carbocycles. The Kier molecular flexibility index (Phi) is 7.48. The van der Waals surface area contributed by atoms with E-state index in [4.69, 9.17) is 16.3 Å². The third-order valence-electron chi connectivity index (χ3n) is 9.57. The van der Waals surface area contributed by atoms with E-state index in [9.17, 15) is 9.18 Å². The number of ether oxygens (including phenoxy) is 1. The van der Waals surface area contributed by atoms with Gasteiger partial charge in [0.15, 0.2) is 0 Å². The predicted octanol–water partition coefficient (Wildman–Crippen LogP) is 9.13. The van der Waals surface area contributed by atoms with Crippen molar-refractivity contribution in [2.75, 3.05) is 5.32 Å². The van der Waals surface area contributed by atoms with Gasteiger partial charge in [-0.2, -0.15) is 0 Å². The van der Waals surface area contributed by atoms with E-state index in [-0.39, 0.29) is 23.7 Å². The van der Waals surface area contributed by atoms with Crippen molar-refractivity contribution in [2.24, 2.45) is 28.6 Å². The molecule has 5 rings (SSSR count). The first kappa shape index (κ1) is 27.0. The van der Waals surface area contributed by atoms with Crippen molar-refractivity contribution in [2.45, 2.75) is 72.8 Å². The number of hydrogen-bond donors (Lipinski definition) is 1. The average molecular weight is 536 g/mol. The minimum atomic E-state index is -0.448. The zero-order valence-corrected chi connectivity index (χ0v) is 23.7. The Hall–Kier alpha value is -2.59. The van der Waals surface area contributed by atoms with Crippen molar-refractivity contribution in [3.63, 3.8) is 0 Å². The number of benzene rings is 2. The van der Waals surface area contributed by atoms with Crippen LogP contribution in [0.2, 0.25) is 5.02 Å². The fourth-order valence-corrected chi connectivity index (χ4v) is 7.61. The number of allylic oxidation sites excluding steroid dienone is 4. The molecule has 0 unspecified atom stereocenters. The van der Waals surface area contributed by atoms with E-state index >= 15 is 0 Å². The van der Waals surface area contributed by atoms with Crippen LogP contribution in [0.1, 0.15) is 71.8 Å². The summed E-state index contributed by atoms with van der Waals surface area (Å²) in [7, 11) is 0. The molecule has 4 atom stereocenters. The molecule has 0 spiro atoms. The minimum absolute atomic E-state index is 0.0731. The van der Waals surface area contributed by atoms with Gasteiger partial charge in [-0.3, -0.25) is 4.79 Å². The molecule has 3 aliphatic carbocycles. The van der Waals surface area contributed by atoms with E-state index < -0.39 is 5.41 Å². The minimum Gasteiger partial charge on any atom is -0.487 e. The number of carbonyl (C=O) groups is 1. The highest BCUT2D eigenvalue weighted by Crippen LogP contribution is 2.62. The number of nitrogens with one attached hydrogen (secondary N) is 1. The van der Waals surface area contributed by atoms with Crippen LogP contribution in [0.4, 0.5) is 10.1 Å². The van der Waals surface area contributed by atoms with E-state index in [1.807, 2.05) is 6.07 Å². The summed E-state index contributed by atoms with van der Waals surface area (Å²) < 4.78 is 19.3. The molecule has 202 valence electrons. The largest absolute Gasteiger partial charge is 0.487 e. The molecule has 0 aliphatic heterocycles. The molecule has 3 nitrogen and oxygen atoms in total. The van der Waals surface area contributed by atoms with E-state index in [0.29, 0.717) is 34.2 Å². The van der Waals surface area contributed by atoms with Crippen LogP contribution in [-0.2, 0) is 11.4 Å². The topological polar surface area (TPSA) is 38.3 Å². The standard InChI is InChI=1S/C33H39ClFNO2/c1-21(2)23-9-12-27-24(18-23)10-14-30-32(27,3)15-6-16-33(30,4)31(37)36-26-11-13-29(28(34)19-26)38-20-22-7-5-8-25(35)17-22/h5,7-8,10-11,13,17-19,21,27,30H,6,9,12,14-16,20H2,1-4H3,(H,36,37)/t27-,30+,32+,33+/m0/s1. The van der Waals surface area contributed by atoms with Gasteiger partial charge < -0.3 is 10.1 Å². The van der Waals surface area contributed by atoms with Gasteiger partial charge in [-0.25, -0.2) is 4.39 Å². The van der Waals surface area contributed by atoms with Gasteiger partial charge in [0.05, 0.1) is 10.4 Å². The molecule has 1 N–H and O–H groups in total. The Balaban J connectivity index is 1.31. The number of fused-ring (bicyclic) bond motifs is 3. The molecule has 0 bridgehead atoms. The lowest BCUT2D eigenvalue weighted by molar-refractivity contribution is -0.138. The lowest BCUT2D eigenvalue weighted by atomic mass is 9.46. The molecule has 38 heavy (non-hydrogen) atoms. The Labute approximate surface area is 231 Å². The van der Waals surface area contributed by atoms with Crippen molar-refractivity contribution in [3.05, 3.63) is 82.2 Å². The van der Waals surface area contributed by atoms with E-state index in [1.165, 1.54) is 30.5 Å². The second-order valence-corrected chi connectivity index (χ2v) is 12.7. The van der Waals surface area contributed by atoms with Crippen molar-refractivity contribution >= 4 is 23.2 Å². The SMILES string of the molecule is CC(C)C1=CC2=CC[C@@H]3[C@](C)(CCC[C@@]3(C)C(=O)Nc3ccc(OCc4cccc(F)c4)c(Cl)c3)[C@H]2CC1. The summed E-state index contributed by atoms with van der Waals surface area (Å²) in [6.45, 7) is 9.40. The lowest BCUT2D eigenvalue weighted by Crippen LogP contribution is -2.54. The van der Waals surface area contributed by atoms with Crippen LogP contribution in [0.3, 0.4) is 0 Å². The van der Waals surface area contributed by atoms with Crippen molar-refractivity contribution in [3.8, 4) is 5.75 Å². The summed E-state index contributed by atoms with van der Waals surface area (Å²) in [5.74, 6) is 1.70. The van der Waals surface area contributed by atoms with Gasteiger partial charge in [-0.05, 0) is 96.7 Å². The molecule has 0 saturated heterocycles. The monoisotopic (exact) mass is 535 g/mol. The maximum Gasteiger partial charge on any atom is 0.230 e. The van der Waals surface area contributed by atoms with Crippen LogP contribution in [0.5, 0.6) is 5.75 Å². The lowest BCUT2D eigenvalue weighted by Gasteiger charge is -2.57. The van der Waals surface area contributed by atoms with E-state index in [0.717, 1.165) is 31.2 Å². The third-order valence-corrected chi connectivity index (χ3v) is 9.87. The molecule has 5 heteroatoms. The molecule has 2 aromatic carbocycles. The van der Waals surface area contributed by atoms with Gasteiger partial charge in [0.2, 0.25) is 5.91 Å². The maximum atomic E-state index is 13.9. The Bertz CT molecular complexity index is 1280. The maximum absolute atomic E-state index is 13.9. The Morgan fingerprint density at radius 3 is 2.74 bits per heavy atom.